The SMILES string of the molecule is O=C(Cc1cccnc1)N1CCC(Oc2ccc3ccccc3n2)C1. The highest BCUT2D eigenvalue weighted by Crippen LogP contribution is 2.20. The van der Waals surface area contributed by atoms with E-state index in [-0.39, 0.29) is 12.0 Å². The Bertz CT molecular complexity index is 882. The second-order valence-corrected chi connectivity index (χ2v) is 6.25. The second kappa shape index (κ2) is 6.89. The summed E-state index contributed by atoms with van der Waals surface area (Å²) >= 11 is 0. The first-order valence-electron chi connectivity index (χ1n) is 8.47. The predicted molar refractivity (Wildman–Crippen MR) is 95.3 cm³/mol. The number of aromatic nitrogens is 2. The molecule has 1 aliphatic rings. The van der Waals surface area contributed by atoms with Crippen LogP contribution in [0, 0.1) is 0 Å². The minimum absolute atomic E-state index is 0.00786. The van der Waals surface area contributed by atoms with E-state index in [1.807, 2.05) is 53.4 Å². The van der Waals surface area contributed by atoms with Crippen molar-refractivity contribution in [2.45, 2.75) is 18.9 Å². The Labute approximate surface area is 146 Å². The van der Waals surface area contributed by atoms with Crippen LogP contribution in [0.25, 0.3) is 10.9 Å². The fraction of sp³-hybridized carbons (Fsp3) is 0.250. The molecule has 0 radical (unpaired) electrons. The maximum atomic E-state index is 12.4. The van der Waals surface area contributed by atoms with E-state index in [9.17, 15) is 4.79 Å². The molecule has 1 aliphatic heterocycles. The molecule has 1 saturated heterocycles. The summed E-state index contributed by atoms with van der Waals surface area (Å²) in [6.45, 7) is 1.32. The second-order valence-electron chi connectivity index (χ2n) is 6.25. The van der Waals surface area contributed by atoms with Crippen molar-refractivity contribution in [1.29, 1.82) is 0 Å². The summed E-state index contributed by atoms with van der Waals surface area (Å²) in [5, 5.41) is 1.09. The molecule has 1 amide bonds. The number of likely N-dealkylation sites (tertiary alicyclic amines) is 1. The van der Waals surface area contributed by atoms with Crippen LogP contribution in [0.4, 0.5) is 0 Å². The van der Waals surface area contributed by atoms with Gasteiger partial charge < -0.3 is 9.64 Å². The van der Waals surface area contributed by atoms with Crippen LogP contribution >= 0.6 is 0 Å². The summed E-state index contributed by atoms with van der Waals surface area (Å²) in [6.07, 6.45) is 4.65. The van der Waals surface area contributed by atoms with Crippen molar-refractivity contribution in [2.75, 3.05) is 13.1 Å². The number of para-hydroxylation sites is 1. The number of carbonyl (C=O) groups is 1. The van der Waals surface area contributed by atoms with E-state index in [2.05, 4.69) is 9.97 Å². The average molecular weight is 333 g/mol. The van der Waals surface area contributed by atoms with Crippen LogP contribution in [0.1, 0.15) is 12.0 Å². The molecule has 3 aromatic rings. The van der Waals surface area contributed by atoms with Gasteiger partial charge in [0.1, 0.15) is 6.10 Å². The Morgan fingerprint density at radius 1 is 1.16 bits per heavy atom. The molecule has 5 heteroatoms. The highest BCUT2D eigenvalue weighted by molar-refractivity contribution is 5.79. The van der Waals surface area contributed by atoms with Gasteiger partial charge in [0.05, 0.1) is 18.5 Å². The summed E-state index contributed by atoms with van der Waals surface area (Å²) in [5.74, 6) is 0.732. The predicted octanol–water partition coefficient (Wildman–Crippen LogP) is 2.85. The third-order valence-electron chi connectivity index (χ3n) is 4.44. The van der Waals surface area contributed by atoms with Gasteiger partial charge in [-0.3, -0.25) is 9.78 Å². The zero-order chi connectivity index (χ0) is 17.1. The monoisotopic (exact) mass is 333 g/mol. The number of carbonyl (C=O) groups excluding carboxylic acids is 1. The van der Waals surface area contributed by atoms with Crippen molar-refractivity contribution < 1.29 is 9.53 Å². The molecule has 0 saturated carbocycles. The maximum Gasteiger partial charge on any atom is 0.227 e. The van der Waals surface area contributed by atoms with E-state index in [4.69, 9.17) is 4.74 Å². The van der Waals surface area contributed by atoms with Gasteiger partial charge in [0.15, 0.2) is 0 Å². The highest BCUT2D eigenvalue weighted by atomic mass is 16.5. The van der Waals surface area contributed by atoms with Crippen molar-refractivity contribution in [2.24, 2.45) is 0 Å². The van der Waals surface area contributed by atoms with Crippen LogP contribution < -0.4 is 4.74 Å². The largest absolute Gasteiger partial charge is 0.472 e. The number of pyridine rings is 2. The molecule has 1 unspecified atom stereocenters. The van der Waals surface area contributed by atoms with Gasteiger partial charge in [0.25, 0.3) is 0 Å². The maximum absolute atomic E-state index is 12.4. The smallest absolute Gasteiger partial charge is 0.227 e. The van der Waals surface area contributed by atoms with Crippen molar-refractivity contribution >= 4 is 16.8 Å². The molecule has 2 aromatic heterocycles. The van der Waals surface area contributed by atoms with Crippen LogP contribution in [0.2, 0.25) is 0 Å². The fourth-order valence-electron chi connectivity index (χ4n) is 3.12. The molecule has 0 spiro atoms. The van der Waals surface area contributed by atoms with E-state index in [0.717, 1.165) is 29.4 Å². The number of hydrogen-bond donors (Lipinski definition) is 0. The molecule has 1 atom stereocenters. The third-order valence-corrected chi connectivity index (χ3v) is 4.44. The Kier molecular flexibility index (Phi) is 4.29. The molecular weight excluding hydrogens is 314 g/mol. The van der Waals surface area contributed by atoms with Gasteiger partial charge in [-0.05, 0) is 23.8 Å². The molecule has 4 rings (SSSR count). The van der Waals surface area contributed by atoms with Gasteiger partial charge in [-0.1, -0.05) is 24.3 Å². The standard InChI is InChI=1S/C20H19N3O2/c24-20(12-15-4-3-10-21-13-15)23-11-9-17(14-23)25-19-8-7-16-5-1-2-6-18(16)22-19/h1-8,10,13,17H,9,11-12,14H2. The first-order valence-corrected chi connectivity index (χ1v) is 8.47. The molecule has 0 aliphatic carbocycles. The molecule has 3 heterocycles. The molecule has 126 valence electrons. The van der Waals surface area contributed by atoms with Crippen LogP contribution in [0.5, 0.6) is 5.88 Å². The first kappa shape index (κ1) is 15.6. The van der Waals surface area contributed by atoms with E-state index >= 15 is 0 Å². The summed E-state index contributed by atoms with van der Waals surface area (Å²) in [6, 6.07) is 15.6. The van der Waals surface area contributed by atoms with Gasteiger partial charge in [0, 0.05) is 36.8 Å². The zero-order valence-electron chi connectivity index (χ0n) is 13.8. The number of hydrogen-bond acceptors (Lipinski definition) is 4. The van der Waals surface area contributed by atoms with Crippen molar-refractivity contribution in [3.05, 3.63) is 66.5 Å². The summed E-state index contributed by atoms with van der Waals surface area (Å²) < 4.78 is 6.00. The fourth-order valence-corrected chi connectivity index (χ4v) is 3.12. The van der Waals surface area contributed by atoms with E-state index in [1.165, 1.54) is 0 Å². The first-order chi connectivity index (χ1) is 12.3. The number of nitrogens with zero attached hydrogens (tertiary/aromatic N) is 3. The van der Waals surface area contributed by atoms with Gasteiger partial charge in [-0.2, -0.15) is 0 Å². The highest BCUT2D eigenvalue weighted by Gasteiger charge is 2.27. The number of amides is 1. The van der Waals surface area contributed by atoms with E-state index in [0.29, 0.717) is 18.8 Å². The number of benzene rings is 1. The third kappa shape index (κ3) is 3.60. The molecule has 0 N–H and O–H groups in total. The van der Waals surface area contributed by atoms with Crippen molar-refractivity contribution in [3.63, 3.8) is 0 Å². The molecular formula is C20H19N3O2. The van der Waals surface area contributed by atoms with Crippen molar-refractivity contribution in [1.82, 2.24) is 14.9 Å². The summed E-state index contributed by atoms with van der Waals surface area (Å²) in [7, 11) is 0. The lowest BCUT2D eigenvalue weighted by Crippen LogP contribution is -2.32. The Hall–Kier alpha value is -2.95. The van der Waals surface area contributed by atoms with Gasteiger partial charge >= 0.3 is 0 Å². The molecule has 1 fully saturated rings. The lowest BCUT2D eigenvalue weighted by atomic mass is 10.2. The lowest BCUT2D eigenvalue weighted by Gasteiger charge is -2.17. The molecule has 5 nitrogen and oxygen atoms in total. The van der Waals surface area contributed by atoms with Crippen LogP contribution in [-0.4, -0.2) is 40.0 Å². The summed E-state index contributed by atoms with van der Waals surface area (Å²) in [5.41, 5.74) is 1.86. The van der Waals surface area contributed by atoms with Crippen LogP contribution in [0.15, 0.2) is 60.9 Å². The minimum atomic E-state index is -0.00786. The van der Waals surface area contributed by atoms with Crippen LogP contribution in [-0.2, 0) is 11.2 Å². The molecule has 0 bridgehead atoms. The topological polar surface area (TPSA) is 55.3 Å². The Balaban J connectivity index is 1.37. The zero-order valence-corrected chi connectivity index (χ0v) is 13.8. The van der Waals surface area contributed by atoms with E-state index < -0.39 is 0 Å². The molecule has 1 aromatic carbocycles. The number of ether oxygens (including phenoxy) is 1. The number of rotatable bonds is 4. The number of fused-ring (bicyclic) bond motifs is 1. The quantitative estimate of drug-likeness (QED) is 0.737. The lowest BCUT2D eigenvalue weighted by molar-refractivity contribution is -0.129. The average Bonchev–Trinajstić information content (AvgIpc) is 3.11. The normalized spacial score (nSPS) is 17.0. The Morgan fingerprint density at radius 3 is 2.96 bits per heavy atom. The van der Waals surface area contributed by atoms with Crippen molar-refractivity contribution in [3.8, 4) is 5.88 Å². The Morgan fingerprint density at radius 2 is 2.08 bits per heavy atom. The van der Waals surface area contributed by atoms with Gasteiger partial charge in [-0.15, -0.1) is 0 Å². The van der Waals surface area contributed by atoms with Crippen LogP contribution in [0.3, 0.4) is 0 Å². The summed E-state index contributed by atoms with van der Waals surface area (Å²) in [4.78, 5) is 22.9. The van der Waals surface area contributed by atoms with Gasteiger partial charge in [0.2, 0.25) is 11.8 Å². The molecule has 25 heavy (non-hydrogen) atoms. The van der Waals surface area contributed by atoms with E-state index in [1.54, 1.807) is 12.4 Å². The van der Waals surface area contributed by atoms with Gasteiger partial charge in [-0.25, -0.2) is 4.98 Å². The minimum Gasteiger partial charge on any atom is -0.472 e.